The SMILES string of the molecule is Cc1cc(Nc2ccnc3c2CCC3)c(C)cc1NCCc1c[nH]c2c(C)cccc12. The number of nitrogens with zero attached hydrogens (tertiary/aromatic N) is 1. The Kier molecular flexibility index (Phi) is 5.14. The number of aromatic nitrogens is 2. The summed E-state index contributed by atoms with van der Waals surface area (Å²) < 4.78 is 0. The van der Waals surface area contributed by atoms with Crippen LogP contribution in [0, 0.1) is 20.8 Å². The zero-order valence-electron chi connectivity index (χ0n) is 18.6. The van der Waals surface area contributed by atoms with Crippen molar-refractivity contribution in [2.45, 2.75) is 46.5 Å². The number of H-pyrrole nitrogens is 1. The van der Waals surface area contributed by atoms with Gasteiger partial charge in [0.1, 0.15) is 0 Å². The van der Waals surface area contributed by atoms with Gasteiger partial charge in [-0.05, 0) is 92.5 Å². The predicted octanol–water partition coefficient (Wildman–Crippen LogP) is 6.38. The first-order valence-electron chi connectivity index (χ1n) is 11.2. The molecule has 0 unspecified atom stereocenters. The van der Waals surface area contributed by atoms with Gasteiger partial charge in [-0.25, -0.2) is 0 Å². The van der Waals surface area contributed by atoms with E-state index in [4.69, 9.17) is 0 Å². The Hall–Kier alpha value is -3.27. The van der Waals surface area contributed by atoms with Gasteiger partial charge in [0.2, 0.25) is 0 Å². The van der Waals surface area contributed by atoms with Crippen molar-refractivity contribution in [2.75, 3.05) is 17.2 Å². The third-order valence-electron chi connectivity index (χ3n) is 6.55. The van der Waals surface area contributed by atoms with Gasteiger partial charge in [0, 0.05) is 52.6 Å². The van der Waals surface area contributed by atoms with E-state index in [-0.39, 0.29) is 0 Å². The van der Waals surface area contributed by atoms with Crippen LogP contribution in [0.2, 0.25) is 0 Å². The highest BCUT2D eigenvalue weighted by Crippen LogP contribution is 2.32. The summed E-state index contributed by atoms with van der Waals surface area (Å²) >= 11 is 0. The predicted molar refractivity (Wildman–Crippen MR) is 131 cm³/mol. The van der Waals surface area contributed by atoms with E-state index >= 15 is 0 Å². The molecule has 0 saturated heterocycles. The highest BCUT2D eigenvalue weighted by molar-refractivity contribution is 5.86. The smallest absolute Gasteiger partial charge is 0.0486 e. The first kappa shape index (κ1) is 19.7. The number of rotatable bonds is 6. The maximum Gasteiger partial charge on any atom is 0.0486 e. The van der Waals surface area contributed by atoms with E-state index in [2.05, 4.69) is 84.0 Å². The molecule has 0 saturated carbocycles. The molecule has 2 heterocycles. The van der Waals surface area contributed by atoms with Gasteiger partial charge in [-0.15, -0.1) is 0 Å². The normalized spacial score (nSPS) is 12.9. The maximum atomic E-state index is 4.54. The second kappa shape index (κ2) is 8.10. The third-order valence-corrected chi connectivity index (χ3v) is 6.55. The van der Waals surface area contributed by atoms with Crippen LogP contribution in [-0.4, -0.2) is 16.5 Å². The van der Waals surface area contributed by atoms with Gasteiger partial charge in [-0.1, -0.05) is 18.2 Å². The van der Waals surface area contributed by atoms with Crippen LogP contribution in [0.25, 0.3) is 10.9 Å². The fourth-order valence-electron chi connectivity index (χ4n) is 4.77. The zero-order valence-corrected chi connectivity index (χ0v) is 18.6. The highest BCUT2D eigenvalue weighted by Gasteiger charge is 2.16. The van der Waals surface area contributed by atoms with E-state index in [1.807, 2.05) is 6.20 Å². The summed E-state index contributed by atoms with van der Waals surface area (Å²) in [6.07, 6.45) is 8.50. The molecule has 1 aliphatic rings. The minimum Gasteiger partial charge on any atom is -0.384 e. The van der Waals surface area contributed by atoms with Crippen LogP contribution < -0.4 is 10.6 Å². The minimum atomic E-state index is 0.909. The quantitative estimate of drug-likeness (QED) is 0.346. The first-order valence-corrected chi connectivity index (χ1v) is 11.2. The molecule has 0 atom stereocenters. The zero-order chi connectivity index (χ0) is 21.4. The lowest BCUT2D eigenvalue weighted by Gasteiger charge is -2.17. The molecular weight excluding hydrogens is 380 g/mol. The molecule has 0 bridgehead atoms. The van der Waals surface area contributed by atoms with Crippen molar-refractivity contribution in [2.24, 2.45) is 0 Å². The Bertz CT molecular complexity index is 1250. The summed E-state index contributed by atoms with van der Waals surface area (Å²) in [5.74, 6) is 0. The standard InChI is InChI=1S/C27H30N4/c1-17-6-4-7-21-20(16-30-27(17)21)10-12-29-25-14-19(3)26(15-18(25)2)31-24-11-13-28-23-9-5-8-22(23)24/h4,6-7,11,13-16,29-30H,5,8-10,12H2,1-3H3,(H,28,31). The van der Waals surface area contributed by atoms with E-state index in [9.17, 15) is 0 Å². The van der Waals surface area contributed by atoms with Crippen LogP contribution in [0.5, 0.6) is 0 Å². The van der Waals surface area contributed by atoms with Gasteiger partial charge < -0.3 is 15.6 Å². The minimum absolute atomic E-state index is 0.909. The molecule has 158 valence electrons. The summed E-state index contributed by atoms with van der Waals surface area (Å²) in [5.41, 5.74) is 12.7. The number of anilines is 3. The molecule has 2 aromatic heterocycles. The molecule has 1 aliphatic carbocycles. The summed E-state index contributed by atoms with van der Waals surface area (Å²) in [4.78, 5) is 7.98. The molecule has 4 nitrogen and oxygen atoms in total. The van der Waals surface area contributed by atoms with E-state index in [0.717, 1.165) is 25.8 Å². The Morgan fingerprint density at radius 2 is 1.77 bits per heavy atom. The monoisotopic (exact) mass is 410 g/mol. The highest BCUT2D eigenvalue weighted by atomic mass is 14.9. The first-order chi connectivity index (χ1) is 15.1. The van der Waals surface area contributed by atoms with Crippen LogP contribution in [0.3, 0.4) is 0 Å². The van der Waals surface area contributed by atoms with Crippen molar-refractivity contribution < 1.29 is 0 Å². The fourth-order valence-corrected chi connectivity index (χ4v) is 4.77. The average molecular weight is 411 g/mol. The van der Waals surface area contributed by atoms with Crippen molar-refractivity contribution in [1.29, 1.82) is 0 Å². The molecule has 5 rings (SSSR count). The van der Waals surface area contributed by atoms with Crippen LogP contribution in [0.15, 0.2) is 48.8 Å². The number of pyridine rings is 1. The lowest BCUT2D eigenvalue weighted by Crippen LogP contribution is -2.07. The Morgan fingerprint density at radius 1 is 0.935 bits per heavy atom. The summed E-state index contributed by atoms with van der Waals surface area (Å²) in [5, 5.41) is 8.66. The van der Waals surface area contributed by atoms with E-state index in [1.54, 1.807) is 0 Å². The van der Waals surface area contributed by atoms with Gasteiger partial charge >= 0.3 is 0 Å². The topological polar surface area (TPSA) is 52.7 Å². The molecule has 0 fully saturated rings. The molecule has 0 amide bonds. The molecule has 2 aromatic carbocycles. The molecular formula is C27H30N4. The molecule has 4 heteroatoms. The maximum absolute atomic E-state index is 4.54. The Morgan fingerprint density at radius 3 is 2.68 bits per heavy atom. The van der Waals surface area contributed by atoms with Crippen molar-refractivity contribution >= 4 is 28.0 Å². The van der Waals surface area contributed by atoms with Crippen LogP contribution in [0.1, 0.15) is 39.9 Å². The summed E-state index contributed by atoms with van der Waals surface area (Å²) in [6, 6.07) is 13.1. The molecule has 0 spiro atoms. The number of hydrogen-bond donors (Lipinski definition) is 3. The molecule has 31 heavy (non-hydrogen) atoms. The number of hydrogen-bond acceptors (Lipinski definition) is 3. The lowest BCUT2D eigenvalue weighted by molar-refractivity contribution is 0.899. The van der Waals surface area contributed by atoms with Gasteiger partial charge in [0.05, 0.1) is 0 Å². The molecule has 4 aromatic rings. The summed E-state index contributed by atoms with van der Waals surface area (Å²) in [6.45, 7) is 7.42. The Balaban J connectivity index is 1.29. The summed E-state index contributed by atoms with van der Waals surface area (Å²) in [7, 11) is 0. The van der Waals surface area contributed by atoms with Crippen molar-refractivity contribution in [1.82, 2.24) is 9.97 Å². The average Bonchev–Trinajstić information content (AvgIpc) is 3.40. The van der Waals surface area contributed by atoms with Crippen molar-refractivity contribution in [3.8, 4) is 0 Å². The number of aromatic amines is 1. The van der Waals surface area contributed by atoms with E-state index < -0.39 is 0 Å². The number of aryl methyl sites for hydroxylation is 4. The lowest BCUT2D eigenvalue weighted by atomic mass is 10.1. The third kappa shape index (κ3) is 3.78. The Labute approximate surface area is 184 Å². The van der Waals surface area contributed by atoms with E-state index in [1.165, 1.54) is 67.9 Å². The number of benzene rings is 2. The second-order valence-electron chi connectivity index (χ2n) is 8.73. The van der Waals surface area contributed by atoms with Gasteiger partial charge in [-0.3, -0.25) is 4.98 Å². The number of para-hydroxylation sites is 1. The van der Waals surface area contributed by atoms with Crippen LogP contribution >= 0.6 is 0 Å². The van der Waals surface area contributed by atoms with Crippen molar-refractivity contribution in [3.05, 3.63) is 82.3 Å². The number of fused-ring (bicyclic) bond motifs is 2. The fraction of sp³-hybridized carbons (Fsp3) is 0.296. The second-order valence-corrected chi connectivity index (χ2v) is 8.73. The largest absolute Gasteiger partial charge is 0.384 e. The van der Waals surface area contributed by atoms with Crippen molar-refractivity contribution in [3.63, 3.8) is 0 Å². The van der Waals surface area contributed by atoms with Gasteiger partial charge in [-0.2, -0.15) is 0 Å². The number of nitrogens with one attached hydrogen (secondary N) is 3. The van der Waals surface area contributed by atoms with Gasteiger partial charge in [0.15, 0.2) is 0 Å². The molecule has 0 radical (unpaired) electrons. The van der Waals surface area contributed by atoms with Crippen LogP contribution in [0.4, 0.5) is 17.1 Å². The van der Waals surface area contributed by atoms with E-state index in [0.29, 0.717) is 0 Å². The molecule has 3 N–H and O–H groups in total. The molecule has 0 aliphatic heterocycles. The van der Waals surface area contributed by atoms with Crippen LogP contribution in [-0.2, 0) is 19.3 Å². The van der Waals surface area contributed by atoms with Gasteiger partial charge in [0.25, 0.3) is 0 Å².